The third-order valence-corrected chi connectivity index (χ3v) is 5.24. The molecule has 2 heterocycles. The van der Waals surface area contributed by atoms with Crippen molar-refractivity contribution in [3.05, 3.63) is 29.3 Å². The van der Waals surface area contributed by atoms with Gasteiger partial charge in [0.25, 0.3) is 0 Å². The molecule has 1 saturated carbocycles. The van der Waals surface area contributed by atoms with Crippen LogP contribution in [0.4, 0.5) is 17.6 Å². The molecule has 0 aromatic carbocycles. The van der Waals surface area contributed by atoms with Crippen molar-refractivity contribution < 1.29 is 31.6 Å². The number of allylic oxidation sites excluding steroid dienone is 1. The summed E-state index contributed by atoms with van der Waals surface area (Å²) in [5.41, 5.74) is -2.16. The SMILES string of the molecule is CC1(C)OB(C(F)=C2CC(COc3nccc(C(F)(F)F)n3)C2)OC1(C)C. The quantitative estimate of drug-likeness (QED) is 0.573. The summed E-state index contributed by atoms with van der Waals surface area (Å²) in [6.45, 7) is 7.49. The largest absolute Gasteiger partial charge is 0.525 e. The maximum absolute atomic E-state index is 14.6. The highest BCUT2D eigenvalue weighted by Gasteiger charge is 2.54. The van der Waals surface area contributed by atoms with Gasteiger partial charge in [0.05, 0.1) is 17.8 Å². The Morgan fingerprint density at radius 1 is 1.22 bits per heavy atom. The van der Waals surface area contributed by atoms with E-state index in [-0.39, 0.29) is 18.5 Å². The van der Waals surface area contributed by atoms with Gasteiger partial charge >= 0.3 is 19.3 Å². The predicted molar refractivity (Wildman–Crippen MR) is 89.5 cm³/mol. The zero-order chi connectivity index (χ0) is 20.0. The summed E-state index contributed by atoms with van der Waals surface area (Å²) in [6.07, 6.45) is -2.71. The average Bonchev–Trinajstić information content (AvgIpc) is 2.73. The van der Waals surface area contributed by atoms with Gasteiger partial charge in [0.1, 0.15) is 5.73 Å². The molecule has 1 saturated heterocycles. The molecular weight excluding hydrogens is 367 g/mol. The second-order valence-electron chi connectivity index (χ2n) is 7.85. The van der Waals surface area contributed by atoms with Crippen molar-refractivity contribution in [3.8, 4) is 6.01 Å². The van der Waals surface area contributed by atoms with Crippen LogP contribution in [-0.4, -0.2) is 34.9 Å². The van der Waals surface area contributed by atoms with Gasteiger partial charge in [-0.25, -0.2) is 9.37 Å². The van der Waals surface area contributed by atoms with Gasteiger partial charge in [0.2, 0.25) is 0 Å². The van der Waals surface area contributed by atoms with Crippen LogP contribution in [-0.2, 0) is 15.5 Å². The van der Waals surface area contributed by atoms with Crippen molar-refractivity contribution in [2.45, 2.75) is 57.9 Å². The molecule has 148 valence electrons. The molecule has 0 atom stereocenters. The smallest absolute Gasteiger partial charge is 0.463 e. The van der Waals surface area contributed by atoms with Gasteiger partial charge in [-0.1, -0.05) is 0 Å². The number of ether oxygens (including phenoxy) is 1. The van der Waals surface area contributed by atoms with E-state index in [9.17, 15) is 17.6 Å². The lowest BCUT2D eigenvalue weighted by Gasteiger charge is -2.32. The molecule has 3 rings (SSSR count). The molecule has 1 aromatic rings. The highest BCUT2D eigenvalue weighted by atomic mass is 19.4. The average molecular weight is 388 g/mol. The monoisotopic (exact) mass is 388 g/mol. The summed E-state index contributed by atoms with van der Waals surface area (Å²) in [4.78, 5) is 7.01. The second kappa shape index (κ2) is 6.74. The maximum Gasteiger partial charge on any atom is 0.525 e. The standard InChI is InChI=1S/C17H21BF4N2O3/c1-15(2)16(3,4)27-18(26-15)13(19)11-7-10(8-11)9-25-14-23-6-5-12(24-14)17(20,21)22/h5-6,10H,7-9H2,1-4H3. The number of hydrogen-bond acceptors (Lipinski definition) is 5. The second-order valence-corrected chi connectivity index (χ2v) is 7.85. The summed E-state index contributed by atoms with van der Waals surface area (Å²) in [6, 6.07) is 0.436. The van der Waals surface area contributed by atoms with E-state index in [0.29, 0.717) is 18.4 Å². The molecule has 0 amide bonds. The van der Waals surface area contributed by atoms with Gasteiger partial charge in [0.15, 0.2) is 5.69 Å². The maximum atomic E-state index is 14.6. The van der Waals surface area contributed by atoms with E-state index >= 15 is 0 Å². The van der Waals surface area contributed by atoms with Crippen molar-refractivity contribution in [1.29, 1.82) is 0 Å². The Bertz CT molecular complexity index is 728. The van der Waals surface area contributed by atoms with Gasteiger partial charge < -0.3 is 14.0 Å². The topological polar surface area (TPSA) is 53.5 Å². The molecule has 1 aliphatic heterocycles. The molecule has 1 aromatic heterocycles. The Kier molecular flexibility index (Phi) is 5.01. The van der Waals surface area contributed by atoms with Crippen LogP contribution in [0.25, 0.3) is 0 Å². The van der Waals surface area contributed by atoms with Crippen LogP contribution in [0.3, 0.4) is 0 Å². The van der Waals surface area contributed by atoms with Crippen molar-refractivity contribution in [1.82, 2.24) is 9.97 Å². The summed E-state index contributed by atoms with van der Waals surface area (Å²) < 4.78 is 69.1. The van der Waals surface area contributed by atoms with Crippen molar-refractivity contribution >= 4 is 7.12 Å². The third kappa shape index (κ3) is 4.11. The Morgan fingerprint density at radius 2 is 1.81 bits per heavy atom. The molecule has 1 aliphatic carbocycles. The summed E-state index contributed by atoms with van der Waals surface area (Å²) in [5, 5.41) is 0. The first kappa shape index (κ1) is 20.1. The summed E-state index contributed by atoms with van der Waals surface area (Å²) in [5.74, 6) is -0.0219. The Balaban J connectivity index is 1.54. The first-order valence-electron chi connectivity index (χ1n) is 8.65. The van der Waals surface area contributed by atoms with Crippen molar-refractivity contribution in [2.75, 3.05) is 6.61 Å². The number of rotatable bonds is 4. The van der Waals surface area contributed by atoms with Crippen LogP contribution in [0.1, 0.15) is 46.2 Å². The van der Waals surface area contributed by atoms with Crippen LogP contribution in [0.15, 0.2) is 23.6 Å². The highest BCUT2D eigenvalue weighted by Crippen LogP contribution is 2.43. The minimum atomic E-state index is -4.56. The number of alkyl halides is 3. The number of halogens is 4. The highest BCUT2D eigenvalue weighted by molar-refractivity contribution is 6.53. The molecule has 2 fully saturated rings. The Labute approximate surface area is 155 Å². The van der Waals surface area contributed by atoms with Crippen molar-refractivity contribution in [3.63, 3.8) is 0 Å². The first-order chi connectivity index (χ1) is 12.4. The molecule has 0 unspecified atom stereocenters. The first-order valence-corrected chi connectivity index (χ1v) is 8.65. The van der Waals surface area contributed by atoms with E-state index in [1.165, 1.54) is 0 Å². The van der Waals surface area contributed by atoms with Gasteiger partial charge in [-0.3, -0.25) is 0 Å². The van der Waals surface area contributed by atoms with Gasteiger partial charge in [-0.2, -0.15) is 18.2 Å². The fourth-order valence-corrected chi connectivity index (χ4v) is 2.82. The van der Waals surface area contributed by atoms with E-state index in [4.69, 9.17) is 14.0 Å². The Morgan fingerprint density at radius 3 is 2.37 bits per heavy atom. The van der Waals surface area contributed by atoms with E-state index < -0.39 is 35.9 Å². The zero-order valence-electron chi connectivity index (χ0n) is 15.6. The molecule has 2 aliphatic rings. The molecule has 0 radical (unpaired) electrons. The fourth-order valence-electron chi connectivity index (χ4n) is 2.82. The van der Waals surface area contributed by atoms with Crippen LogP contribution in [0.5, 0.6) is 6.01 Å². The Hall–Kier alpha value is -1.68. The molecular formula is C17H21BF4N2O3. The summed E-state index contributed by atoms with van der Waals surface area (Å²) >= 11 is 0. The van der Waals surface area contributed by atoms with E-state index in [0.717, 1.165) is 12.3 Å². The molecule has 0 spiro atoms. The minimum absolute atomic E-state index is 0.0219. The predicted octanol–water partition coefficient (Wildman–Crippen LogP) is 4.14. The van der Waals surface area contributed by atoms with E-state index in [1.807, 2.05) is 27.7 Å². The zero-order valence-corrected chi connectivity index (χ0v) is 15.6. The van der Waals surface area contributed by atoms with Gasteiger partial charge in [-0.15, -0.1) is 0 Å². The molecule has 0 N–H and O–H groups in total. The van der Waals surface area contributed by atoms with Crippen LogP contribution in [0.2, 0.25) is 0 Å². The van der Waals surface area contributed by atoms with E-state index in [2.05, 4.69) is 9.97 Å². The number of aromatic nitrogens is 2. The van der Waals surface area contributed by atoms with Gasteiger partial charge in [-0.05, 0) is 52.2 Å². The summed E-state index contributed by atoms with van der Waals surface area (Å²) in [7, 11) is -1.03. The number of hydrogen-bond donors (Lipinski definition) is 0. The van der Waals surface area contributed by atoms with Crippen LogP contribution >= 0.6 is 0 Å². The van der Waals surface area contributed by atoms with Crippen LogP contribution < -0.4 is 4.74 Å². The fraction of sp³-hybridized carbons (Fsp3) is 0.647. The van der Waals surface area contributed by atoms with E-state index in [1.54, 1.807) is 0 Å². The molecule has 5 nitrogen and oxygen atoms in total. The number of nitrogens with zero attached hydrogens (tertiary/aromatic N) is 2. The normalized spacial score (nSPS) is 23.9. The lowest BCUT2D eigenvalue weighted by molar-refractivity contribution is -0.141. The van der Waals surface area contributed by atoms with Crippen molar-refractivity contribution in [2.24, 2.45) is 5.92 Å². The molecule has 27 heavy (non-hydrogen) atoms. The molecule has 0 bridgehead atoms. The lowest BCUT2D eigenvalue weighted by atomic mass is 9.73. The molecule has 10 heteroatoms. The van der Waals surface area contributed by atoms with Crippen LogP contribution in [0, 0.1) is 5.92 Å². The lowest BCUT2D eigenvalue weighted by Crippen LogP contribution is -2.41. The minimum Gasteiger partial charge on any atom is -0.463 e. The van der Waals surface area contributed by atoms with Gasteiger partial charge in [0, 0.05) is 12.1 Å². The third-order valence-electron chi connectivity index (χ3n) is 5.24.